The predicted molar refractivity (Wildman–Crippen MR) is 111 cm³/mol. The van der Waals surface area contributed by atoms with Gasteiger partial charge in [-0.15, -0.1) is 0 Å². The first kappa shape index (κ1) is 20.3. The molecule has 7 nitrogen and oxygen atoms in total. The van der Waals surface area contributed by atoms with Gasteiger partial charge in [0, 0.05) is 16.9 Å². The van der Waals surface area contributed by atoms with Gasteiger partial charge in [-0.3, -0.25) is 4.79 Å². The number of benzene rings is 2. The third-order valence-corrected chi connectivity index (χ3v) is 5.03. The molecular weight excluding hydrogens is 370 g/mol. The summed E-state index contributed by atoms with van der Waals surface area (Å²) < 4.78 is 10.8. The monoisotopic (exact) mass is 395 g/mol. The van der Waals surface area contributed by atoms with E-state index in [1.54, 1.807) is 39.3 Å². The third-order valence-electron chi connectivity index (χ3n) is 5.03. The lowest BCUT2D eigenvalue weighted by atomic mass is 9.93. The van der Waals surface area contributed by atoms with Crippen molar-refractivity contribution in [3.05, 3.63) is 64.4 Å². The normalized spacial score (nSPS) is 16.0. The summed E-state index contributed by atoms with van der Waals surface area (Å²) in [6.07, 6.45) is 0. The number of carbonyl (C=O) groups is 2. The van der Waals surface area contributed by atoms with E-state index >= 15 is 0 Å². The fraction of sp³-hybridized carbons (Fsp3) is 0.273. The summed E-state index contributed by atoms with van der Waals surface area (Å²) in [6, 6.07) is 9.90. The van der Waals surface area contributed by atoms with Crippen molar-refractivity contribution in [1.29, 1.82) is 0 Å². The van der Waals surface area contributed by atoms with Gasteiger partial charge in [-0.05, 0) is 62.2 Å². The fourth-order valence-electron chi connectivity index (χ4n) is 3.31. The van der Waals surface area contributed by atoms with Crippen LogP contribution in [-0.4, -0.2) is 26.2 Å². The molecule has 0 bridgehead atoms. The maximum absolute atomic E-state index is 13.2. The number of rotatable bonds is 5. The zero-order chi connectivity index (χ0) is 21.1. The minimum absolute atomic E-state index is 0.312. The molecule has 152 valence electrons. The van der Waals surface area contributed by atoms with Crippen LogP contribution in [0.4, 0.5) is 10.5 Å². The number of urea groups is 1. The molecule has 2 aromatic rings. The Balaban J connectivity index is 2.02. The highest BCUT2D eigenvalue weighted by Gasteiger charge is 2.33. The van der Waals surface area contributed by atoms with Crippen molar-refractivity contribution in [3.63, 3.8) is 0 Å². The topological polar surface area (TPSA) is 88.7 Å². The minimum Gasteiger partial charge on any atom is -0.497 e. The maximum atomic E-state index is 13.2. The lowest BCUT2D eigenvalue weighted by molar-refractivity contribution is -0.113. The number of anilines is 1. The van der Waals surface area contributed by atoms with E-state index < -0.39 is 6.04 Å². The first-order valence-corrected chi connectivity index (χ1v) is 9.23. The van der Waals surface area contributed by atoms with Crippen LogP contribution in [0.5, 0.6) is 11.5 Å². The second-order valence-corrected chi connectivity index (χ2v) is 6.93. The standard InChI is InChI=1S/C22H25N3O4/c1-12-6-7-15(10-13(12)2)24-21(26)19-14(3)23-22(27)25-20(19)17-11-16(28-4)8-9-18(17)29-5/h6-11,20H,1-5H3,(H,24,26)(H2,23,25,27). The van der Waals surface area contributed by atoms with Crippen molar-refractivity contribution >= 4 is 17.6 Å². The lowest BCUT2D eigenvalue weighted by Crippen LogP contribution is -2.46. The average Bonchev–Trinajstić information content (AvgIpc) is 2.69. The van der Waals surface area contributed by atoms with E-state index in [0.717, 1.165) is 11.1 Å². The van der Waals surface area contributed by atoms with E-state index in [1.807, 2.05) is 32.0 Å². The molecule has 1 atom stereocenters. The largest absolute Gasteiger partial charge is 0.497 e. The number of nitrogens with one attached hydrogen (secondary N) is 3. The molecule has 3 N–H and O–H groups in total. The highest BCUT2D eigenvalue weighted by Crippen LogP contribution is 2.36. The molecule has 7 heteroatoms. The van der Waals surface area contributed by atoms with E-state index in [4.69, 9.17) is 9.47 Å². The van der Waals surface area contributed by atoms with Crippen molar-refractivity contribution < 1.29 is 19.1 Å². The second-order valence-electron chi connectivity index (χ2n) is 6.93. The molecule has 0 radical (unpaired) electrons. The summed E-state index contributed by atoms with van der Waals surface area (Å²) in [5.41, 5.74) is 4.41. The minimum atomic E-state index is -0.694. The van der Waals surface area contributed by atoms with Gasteiger partial charge in [0.15, 0.2) is 0 Å². The van der Waals surface area contributed by atoms with Crippen molar-refractivity contribution in [3.8, 4) is 11.5 Å². The third kappa shape index (κ3) is 4.18. The highest BCUT2D eigenvalue weighted by molar-refractivity contribution is 6.07. The predicted octanol–water partition coefficient (Wildman–Crippen LogP) is 3.59. The summed E-state index contributed by atoms with van der Waals surface area (Å²) in [5, 5.41) is 8.43. The van der Waals surface area contributed by atoms with Gasteiger partial charge in [0.2, 0.25) is 0 Å². The Kier molecular flexibility index (Phi) is 5.77. The lowest BCUT2D eigenvalue weighted by Gasteiger charge is -2.29. The van der Waals surface area contributed by atoms with Gasteiger partial charge in [-0.25, -0.2) is 4.79 Å². The van der Waals surface area contributed by atoms with Crippen LogP contribution in [0.15, 0.2) is 47.7 Å². The summed E-state index contributed by atoms with van der Waals surface area (Å²) >= 11 is 0. The van der Waals surface area contributed by atoms with Gasteiger partial charge < -0.3 is 25.4 Å². The summed E-state index contributed by atoms with van der Waals surface area (Å²) in [7, 11) is 3.10. The van der Waals surface area contributed by atoms with Crippen LogP contribution in [0.3, 0.4) is 0 Å². The maximum Gasteiger partial charge on any atom is 0.319 e. The number of hydrogen-bond acceptors (Lipinski definition) is 4. The van der Waals surface area contributed by atoms with Gasteiger partial charge >= 0.3 is 6.03 Å². The van der Waals surface area contributed by atoms with Gasteiger partial charge in [-0.1, -0.05) is 6.07 Å². The Bertz CT molecular complexity index is 998. The van der Waals surface area contributed by atoms with E-state index in [2.05, 4.69) is 16.0 Å². The van der Waals surface area contributed by atoms with Gasteiger partial charge in [0.1, 0.15) is 11.5 Å². The molecule has 1 aliphatic heterocycles. The summed E-state index contributed by atoms with van der Waals surface area (Å²) in [4.78, 5) is 25.3. The number of methoxy groups -OCH3 is 2. The molecule has 0 aliphatic carbocycles. The van der Waals surface area contributed by atoms with Crippen LogP contribution >= 0.6 is 0 Å². The van der Waals surface area contributed by atoms with Crippen LogP contribution in [0, 0.1) is 13.8 Å². The Hall–Kier alpha value is -3.48. The smallest absolute Gasteiger partial charge is 0.319 e. The van der Waals surface area contributed by atoms with Crippen LogP contribution in [0.1, 0.15) is 29.7 Å². The fourth-order valence-corrected chi connectivity index (χ4v) is 3.31. The molecule has 0 saturated heterocycles. The molecule has 0 saturated carbocycles. The van der Waals surface area contributed by atoms with Crippen molar-refractivity contribution in [1.82, 2.24) is 10.6 Å². The SMILES string of the molecule is COc1ccc(OC)c(C2NC(=O)NC(C)=C2C(=O)Nc2ccc(C)c(C)c2)c1. The first-order chi connectivity index (χ1) is 13.8. The van der Waals surface area contributed by atoms with Crippen LogP contribution in [0.2, 0.25) is 0 Å². The number of allylic oxidation sites excluding steroid dienone is 1. The second kappa shape index (κ2) is 8.26. The highest BCUT2D eigenvalue weighted by atomic mass is 16.5. The molecular formula is C22H25N3O4. The molecule has 3 rings (SSSR count). The summed E-state index contributed by atoms with van der Waals surface area (Å²) in [5.74, 6) is 0.829. The average molecular weight is 395 g/mol. The molecule has 2 aromatic carbocycles. The van der Waals surface area contributed by atoms with Crippen molar-refractivity contribution in [2.75, 3.05) is 19.5 Å². The molecule has 0 spiro atoms. The number of aryl methyl sites for hydroxylation is 2. The zero-order valence-corrected chi connectivity index (χ0v) is 17.2. The zero-order valence-electron chi connectivity index (χ0n) is 17.2. The van der Waals surface area contributed by atoms with Crippen molar-refractivity contribution in [2.45, 2.75) is 26.8 Å². The van der Waals surface area contributed by atoms with E-state index in [9.17, 15) is 9.59 Å². The Morgan fingerprint density at radius 1 is 1.00 bits per heavy atom. The van der Waals surface area contributed by atoms with E-state index in [-0.39, 0.29) is 11.9 Å². The molecule has 1 unspecified atom stereocenters. The molecule has 0 aromatic heterocycles. The molecule has 29 heavy (non-hydrogen) atoms. The summed E-state index contributed by atoms with van der Waals surface area (Å²) in [6.45, 7) is 5.70. The Morgan fingerprint density at radius 3 is 2.41 bits per heavy atom. The molecule has 1 aliphatic rings. The van der Waals surface area contributed by atoms with Gasteiger partial charge in [0.25, 0.3) is 5.91 Å². The van der Waals surface area contributed by atoms with Gasteiger partial charge in [-0.2, -0.15) is 0 Å². The van der Waals surface area contributed by atoms with Crippen LogP contribution < -0.4 is 25.4 Å². The molecule has 3 amide bonds. The molecule has 0 fully saturated rings. The number of amides is 3. The Labute approximate surface area is 170 Å². The quantitative estimate of drug-likeness (QED) is 0.722. The van der Waals surface area contributed by atoms with Crippen molar-refractivity contribution in [2.24, 2.45) is 0 Å². The molecule has 1 heterocycles. The van der Waals surface area contributed by atoms with Crippen LogP contribution in [0.25, 0.3) is 0 Å². The first-order valence-electron chi connectivity index (χ1n) is 9.23. The van der Waals surface area contributed by atoms with E-state index in [1.165, 1.54) is 0 Å². The van der Waals surface area contributed by atoms with Crippen LogP contribution in [-0.2, 0) is 4.79 Å². The van der Waals surface area contributed by atoms with E-state index in [0.29, 0.717) is 34.0 Å². The number of ether oxygens (including phenoxy) is 2. The Morgan fingerprint density at radius 2 is 1.76 bits per heavy atom. The van der Waals surface area contributed by atoms with Gasteiger partial charge in [0.05, 0.1) is 25.8 Å². The number of hydrogen-bond donors (Lipinski definition) is 3. The number of carbonyl (C=O) groups excluding carboxylic acids is 2.